The van der Waals surface area contributed by atoms with Gasteiger partial charge in [0.2, 0.25) is 5.95 Å². The molecule has 3 aromatic rings. The SMILES string of the molecule is CN1CCC[C@@H](Nc2nnc(-c3ccc(C(F)(F)F)cc3O)c3cncn23)C1. The second kappa shape index (κ2) is 6.93. The molecule has 0 saturated carbocycles. The maximum absolute atomic E-state index is 12.8. The van der Waals surface area contributed by atoms with E-state index < -0.39 is 17.5 Å². The number of anilines is 1. The number of alkyl halides is 3. The molecule has 1 aromatic carbocycles. The molecule has 2 N–H and O–H groups in total. The third kappa shape index (κ3) is 3.47. The van der Waals surface area contributed by atoms with Gasteiger partial charge in [-0.2, -0.15) is 13.2 Å². The fourth-order valence-electron chi connectivity index (χ4n) is 3.50. The van der Waals surface area contributed by atoms with Crippen LogP contribution in [0.5, 0.6) is 5.75 Å². The van der Waals surface area contributed by atoms with Crippen LogP contribution in [0.4, 0.5) is 19.1 Å². The van der Waals surface area contributed by atoms with E-state index in [0.717, 1.165) is 32.0 Å². The predicted octanol–water partition coefficient (Wildman–Crippen LogP) is 3.02. The third-order valence-corrected chi connectivity index (χ3v) is 4.89. The summed E-state index contributed by atoms with van der Waals surface area (Å²) in [5.74, 6) is -0.00945. The molecule has 3 heterocycles. The number of aromatic hydroxyl groups is 1. The van der Waals surface area contributed by atoms with Crippen LogP contribution in [0.25, 0.3) is 16.8 Å². The monoisotopic (exact) mass is 392 g/mol. The smallest absolute Gasteiger partial charge is 0.416 e. The molecule has 1 aliphatic heterocycles. The van der Waals surface area contributed by atoms with Crippen LogP contribution >= 0.6 is 0 Å². The third-order valence-electron chi connectivity index (χ3n) is 4.89. The molecule has 0 bridgehead atoms. The average molecular weight is 392 g/mol. The Hall–Kier alpha value is -2.88. The molecule has 1 aliphatic rings. The maximum Gasteiger partial charge on any atom is 0.416 e. The van der Waals surface area contributed by atoms with E-state index in [2.05, 4.69) is 32.4 Å². The van der Waals surface area contributed by atoms with Crippen LogP contribution in [-0.2, 0) is 6.18 Å². The summed E-state index contributed by atoms with van der Waals surface area (Å²) in [6, 6.07) is 3.00. The van der Waals surface area contributed by atoms with Crippen molar-refractivity contribution in [3.8, 4) is 17.0 Å². The van der Waals surface area contributed by atoms with Crippen LogP contribution in [-0.4, -0.2) is 55.8 Å². The van der Waals surface area contributed by atoms with Gasteiger partial charge in [-0.3, -0.25) is 4.40 Å². The second-order valence-corrected chi connectivity index (χ2v) is 7.00. The zero-order chi connectivity index (χ0) is 19.9. The van der Waals surface area contributed by atoms with Crippen molar-refractivity contribution in [3.63, 3.8) is 0 Å². The van der Waals surface area contributed by atoms with Crippen LogP contribution in [0, 0.1) is 0 Å². The lowest BCUT2D eigenvalue weighted by atomic mass is 10.1. The number of hydrogen-bond donors (Lipinski definition) is 2. The summed E-state index contributed by atoms with van der Waals surface area (Å²) in [7, 11) is 2.06. The van der Waals surface area contributed by atoms with Gasteiger partial charge in [-0.15, -0.1) is 10.2 Å². The van der Waals surface area contributed by atoms with Crippen molar-refractivity contribution in [3.05, 3.63) is 36.3 Å². The summed E-state index contributed by atoms with van der Waals surface area (Å²) in [6.45, 7) is 1.93. The number of rotatable bonds is 3. The molecule has 1 fully saturated rings. The van der Waals surface area contributed by atoms with Crippen LogP contribution in [0.15, 0.2) is 30.7 Å². The number of benzene rings is 1. The molecule has 0 unspecified atom stereocenters. The summed E-state index contributed by atoms with van der Waals surface area (Å²) in [6.07, 6.45) is 0.646. The number of nitrogens with zero attached hydrogens (tertiary/aromatic N) is 5. The Balaban J connectivity index is 1.70. The minimum atomic E-state index is -4.53. The van der Waals surface area contributed by atoms with E-state index in [9.17, 15) is 18.3 Å². The lowest BCUT2D eigenvalue weighted by Crippen LogP contribution is -2.40. The molecule has 0 aliphatic carbocycles. The zero-order valence-electron chi connectivity index (χ0n) is 15.1. The van der Waals surface area contributed by atoms with Crippen molar-refractivity contribution in [2.24, 2.45) is 0 Å². The first kappa shape index (κ1) is 18.5. The summed E-state index contributed by atoms with van der Waals surface area (Å²) in [5.41, 5.74) is 0.0349. The van der Waals surface area contributed by atoms with E-state index in [-0.39, 0.29) is 17.3 Å². The molecule has 1 atom stereocenters. The lowest BCUT2D eigenvalue weighted by Gasteiger charge is -2.30. The van der Waals surface area contributed by atoms with Gasteiger partial charge in [0.05, 0.1) is 17.3 Å². The van der Waals surface area contributed by atoms with Crippen molar-refractivity contribution in [1.82, 2.24) is 24.5 Å². The number of nitrogens with one attached hydrogen (secondary N) is 1. The fraction of sp³-hybridized carbons (Fsp3) is 0.389. The molecular weight excluding hydrogens is 373 g/mol. The molecule has 0 radical (unpaired) electrons. The minimum Gasteiger partial charge on any atom is -0.507 e. The van der Waals surface area contributed by atoms with Gasteiger partial charge in [0.25, 0.3) is 0 Å². The van der Waals surface area contributed by atoms with Gasteiger partial charge in [0.15, 0.2) is 0 Å². The van der Waals surface area contributed by atoms with Crippen LogP contribution in [0.2, 0.25) is 0 Å². The first-order chi connectivity index (χ1) is 13.3. The van der Waals surface area contributed by atoms with E-state index >= 15 is 0 Å². The summed E-state index contributed by atoms with van der Waals surface area (Å²) >= 11 is 0. The topological polar surface area (TPSA) is 78.6 Å². The highest BCUT2D eigenvalue weighted by Crippen LogP contribution is 2.37. The molecule has 0 amide bonds. The van der Waals surface area contributed by atoms with Gasteiger partial charge in [-0.1, -0.05) is 0 Å². The van der Waals surface area contributed by atoms with Gasteiger partial charge >= 0.3 is 6.18 Å². The predicted molar refractivity (Wildman–Crippen MR) is 97.0 cm³/mol. The molecular formula is C18H19F3N6O. The molecule has 148 valence electrons. The lowest BCUT2D eigenvalue weighted by molar-refractivity contribution is -0.137. The van der Waals surface area contributed by atoms with Crippen LogP contribution in [0.3, 0.4) is 0 Å². The Kier molecular flexibility index (Phi) is 4.58. The van der Waals surface area contributed by atoms with E-state index in [1.165, 1.54) is 6.07 Å². The molecule has 2 aromatic heterocycles. The summed E-state index contributed by atoms with van der Waals surface area (Å²) in [5, 5.41) is 21.9. The Labute approximate surface area is 158 Å². The van der Waals surface area contributed by atoms with Gasteiger partial charge in [-0.05, 0) is 44.6 Å². The number of phenols is 1. The zero-order valence-corrected chi connectivity index (χ0v) is 15.1. The molecule has 4 rings (SSSR count). The Morgan fingerprint density at radius 1 is 1.25 bits per heavy atom. The van der Waals surface area contributed by atoms with Crippen molar-refractivity contribution in [1.29, 1.82) is 0 Å². The summed E-state index contributed by atoms with van der Waals surface area (Å²) < 4.78 is 40.2. The summed E-state index contributed by atoms with van der Waals surface area (Å²) in [4.78, 5) is 6.34. The van der Waals surface area contributed by atoms with Gasteiger partial charge in [0, 0.05) is 18.2 Å². The van der Waals surface area contributed by atoms with Gasteiger partial charge < -0.3 is 15.3 Å². The second-order valence-electron chi connectivity index (χ2n) is 7.00. The van der Waals surface area contributed by atoms with Crippen molar-refractivity contribution in [2.45, 2.75) is 25.1 Å². The Bertz CT molecular complexity index is 1000. The number of imidazole rings is 1. The molecule has 28 heavy (non-hydrogen) atoms. The minimum absolute atomic E-state index is 0.162. The highest BCUT2D eigenvalue weighted by molar-refractivity contribution is 5.80. The first-order valence-corrected chi connectivity index (χ1v) is 8.87. The molecule has 7 nitrogen and oxygen atoms in total. The van der Waals surface area contributed by atoms with Crippen molar-refractivity contribution >= 4 is 11.5 Å². The van der Waals surface area contributed by atoms with E-state index in [1.54, 1.807) is 16.9 Å². The first-order valence-electron chi connectivity index (χ1n) is 8.87. The highest BCUT2D eigenvalue weighted by atomic mass is 19.4. The number of fused-ring (bicyclic) bond motifs is 1. The average Bonchev–Trinajstić information content (AvgIpc) is 3.12. The largest absolute Gasteiger partial charge is 0.507 e. The standard InChI is InChI=1S/C18H19F3N6O/c1-26-6-2-3-12(9-26)23-17-25-24-16(14-8-22-10-27(14)17)13-5-4-11(7-15(13)28)18(19,20)21/h4-5,7-8,10,12,28H,2-3,6,9H2,1H3,(H,23,25)/t12-/m1/s1. The highest BCUT2D eigenvalue weighted by Gasteiger charge is 2.31. The van der Waals surface area contributed by atoms with Gasteiger partial charge in [-0.25, -0.2) is 4.98 Å². The Morgan fingerprint density at radius 3 is 2.79 bits per heavy atom. The number of likely N-dealkylation sites (tertiary alicyclic amines) is 1. The van der Waals surface area contributed by atoms with Gasteiger partial charge in [0.1, 0.15) is 17.8 Å². The van der Waals surface area contributed by atoms with E-state index in [1.807, 2.05) is 0 Å². The van der Waals surface area contributed by atoms with Crippen LogP contribution < -0.4 is 5.32 Å². The number of aromatic nitrogens is 4. The van der Waals surface area contributed by atoms with Crippen molar-refractivity contribution < 1.29 is 18.3 Å². The number of phenolic OH excluding ortho intramolecular Hbond substituents is 1. The van der Waals surface area contributed by atoms with Crippen molar-refractivity contribution in [2.75, 3.05) is 25.5 Å². The molecule has 1 saturated heterocycles. The van der Waals surface area contributed by atoms with E-state index in [4.69, 9.17) is 0 Å². The van der Waals surface area contributed by atoms with E-state index in [0.29, 0.717) is 17.5 Å². The van der Waals surface area contributed by atoms with Crippen LogP contribution in [0.1, 0.15) is 18.4 Å². The number of likely N-dealkylation sites (N-methyl/N-ethyl adjacent to an activating group) is 1. The quantitative estimate of drug-likeness (QED) is 0.714. The molecule has 0 spiro atoms. The number of halogens is 3. The fourth-order valence-corrected chi connectivity index (χ4v) is 3.50. The maximum atomic E-state index is 12.8. The Morgan fingerprint density at radius 2 is 2.07 bits per heavy atom. The normalized spacial score (nSPS) is 18.5. The molecule has 10 heteroatoms. The number of piperidine rings is 1. The number of hydrogen-bond acceptors (Lipinski definition) is 6.